The van der Waals surface area contributed by atoms with Gasteiger partial charge in [0.05, 0.1) is 11.8 Å². The lowest BCUT2D eigenvalue weighted by molar-refractivity contribution is 0.558. The van der Waals surface area contributed by atoms with E-state index in [4.69, 9.17) is 26.2 Å². The van der Waals surface area contributed by atoms with Gasteiger partial charge in [-0.3, -0.25) is 0 Å². The molecule has 0 fully saturated rings. The smallest absolute Gasteiger partial charge is 0.204 e. The fourth-order valence-corrected chi connectivity index (χ4v) is 1.29. The zero-order chi connectivity index (χ0) is 9.26. The third kappa shape index (κ3) is 1.34. The highest BCUT2D eigenvalue weighted by molar-refractivity contribution is 6.31. The van der Waals surface area contributed by atoms with Gasteiger partial charge in [0, 0.05) is 6.54 Å². The molecule has 0 saturated heterocycles. The van der Waals surface area contributed by atoms with Crippen molar-refractivity contribution in [3.63, 3.8) is 0 Å². The number of halogens is 1. The Morgan fingerprint density at radius 2 is 2.31 bits per heavy atom. The second-order valence-electron chi connectivity index (χ2n) is 2.44. The van der Waals surface area contributed by atoms with Gasteiger partial charge in [0.1, 0.15) is 5.69 Å². The second-order valence-corrected chi connectivity index (χ2v) is 2.78. The third-order valence-electron chi connectivity index (χ3n) is 1.70. The normalized spacial score (nSPS) is 10.6. The molecule has 2 aromatic heterocycles. The Kier molecular flexibility index (Phi) is 2.08. The molecule has 13 heavy (non-hydrogen) atoms. The fourth-order valence-electron chi connectivity index (χ4n) is 1.09. The lowest BCUT2D eigenvalue weighted by Crippen LogP contribution is -1.97. The summed E-state index contributed by atoms with van der Waals surface area (Å²) in [6.45, 7) is 0.313. The van der Waals surface area contributed by atoms with Gasteiger partial charge in [0.15, 0.2) is 12.2 Å². The van der Waals surface area contributed by atoms with Crippen LogP contribution in [0.2, 0.25) is 5.22 Å². The zero-order valence-electron chi connectivity index (χ0n) is 6.66. The Morgan fingerprint density at radius 3 is 2.92 bits per heavy atom. The monoisotopic (exact) mass is 198 g/mol. The second kappa shape index (κ2) is 3.24. The summed E-state index contributed by atoms with van der Waals surface area (Å²) in [7, 11) is 0. The van der Waals surface area contributed by atoms with Crippen LogP contribution in [0.5, 0.6) is 0 Å². The van der Waals surface area contributed by atoms with Gasteiger partial charge in [0.25, 0.3) is 0 Å². The Bertz CT molecular complexity index is 408. The largest absolute Gasteiger partial charge is 0.452 e. The molecule has 68 valence electrons. The highest BCUT2D eigenvalue weighted by Gasteiger charge is 2.14. The maximum Gasteiger partial charge on any atom is 0.204 e. The Labute approximate surface area is 79.3 Å². The number of hydrogen-bond donors (Lipinski definition) is 1. The molecule has 2 rings (SSSR count). The minimum Gasteiger partial charge on any atom is -0.452 e. The molecule has 0 bridgehead atoms. The predicted molar refractivity (Wildman–Crippen MR) is 47.1 cm³/mol. The van der Waals surface area contributed by atoms with Crippen molar-refractivity contribution in [2.45, 2.75) is 6.54 Å². The van der Waals surface area contributed by atoms with Crippen LogP contribution in [0.15, 0.2) is 27.6 Å². The minimum atomic E-state index is 0.284. The molecular weight excluding hydrogens is 192 g/mol. The number of nitrogens with two attached hydrogens (primary N) is 1. The van der Waals surface area contributed by atoms with Gasteiger partial charge in [-0.05, 0) is 17.7 Å². The summed E-state index contributed by atoms with van der Waals surface area (Å²) in [4.78, 5) is 3.94. The highest BCUT2D eigenvalue weighted by Crippen LogP contribution is 2.30. The first kappa shape index (κ1) is 8.34. The maximum absolute atomic E-state index is 5.76. The lowest BCUT2D eigenvalue weighted by atomic mass is 10.2. The standard InChI is InChI=1S/C8H7ClN2O2/c9-8-5(1-2-12-8)7-6(3-10)11-4-13-7/h1-2,4H,3,10H2. The van der Waals surface area contributed by atoms with E-state index in [1.807, 2.05) is 0 Å². The molecule has 0 spiro atoms. The highest BCUT2D eigenvalue weighted by atomic mass is 35.5. The Hall–Kier alpha value is -1.26. The summed E-state index contributed by atoms with van der Waals surface area (Å²) in [6.07, 6.45) is 2.82. The first-order valence-corrected chi connectivity index (χ1v) is 4.06. The number of oxazole rings is 1. The SMILES string of the molecule is NCc1ncoc1-c1ccoc1Cl. The van der Waals surface area contributed by atoms with Gasteiger partial charge in [-0.1, -0.05) is 0 Å². The fraction of sp³-hybridized carbons (Fsp3) is 0.125. The van der Waals surface area contributed by atoms with Gasteiger partial charge < -0.3 is 14.6 Å². The van der Waals surface area contributed by atoms with Crippen molar-refractivity contribution < 1.29 is 8.83 Å². The number of rotatable bonds is 2. The van der Waals surface area contributed by atoms with Gasteiger partial charge in [-0.25, -0.2) is 4.98 Å². The van der Waals surface area contributed by atoms with Crippen molar-refractivity contribution in [2.75, 3.05) is 0 Å². The summed E-state index contributed by atoms with van der Waals surface area (Å²) in [5.74, 6) is 0.571. The van der Waals surface area contributed by atoms with Gasteiger partial charge in [0.2, 0.25) is 5.22 Å². The van der Waals surface area contributed by atoms with Crippen LogP contribution in [0.1, 0.15) is 5.69 Å². The van der Waals surface area contributed by atoms with E-state index in [9.17, 15) is 0 Å². The Morgan fingerprint density at radius 1 is 1.46 bits per heavy atom. The van der Waals surface area contributed by atoms with E-state index in [0.717, 1.165) is 0 Å². The number of aromatic nitrogens is 1. The van der Waals surface area contributed by atoms with E-state index in [1.165, 1.54) is 12.7 Å². The molecule has 5 heteroatoms. The van der Waals surface area contributed by atoms with Crippen LogP contribution in [0.25, 0.3) is 11.3 Å². The average molecular weight is 199 g/mol. The van der Waals surface area contributed by atoms with Gasteiger partial charge in [-0.2, -0.15) is 0 Å². The molecule has 0 atom stereocenters. The van der Waals surface area contributed by atoms with Crippen LogP contribution < -0.4 is 5.73 Å². The zero-order valence-corrected chi connectivity index (χ0v) is 7.41. The summed E-state index contributed by atoms with van der Waals surface area (Å²) < 4.78 is 10.1. The van der Waals surface area contributed by atoms with Gasteiger partial charge >= 0.3 is 0 Å². The van der Waals surface area contributed by atoms with Crippen molar-refractivity contribution in [3.8, 4) is 11.3 Å². The topological polar surface area (TPSA) is 65.2 Å². The average Bonchev–Trinajstić information content (AvgIpc) is 2.71. The van der Waals surface area contributed by atoms with E-state index < -0.39 is 0 Å². The van der Waals surface area contributed by atoms with E-state index in [-0.39, 0.29) is 5.22 Å². The molecule has 2 heterocycles. The summed E-state index contributed by atoms with van der Waals surface area (Å²) in [6, 6.07) is 1.71. The number of hydrogen-bond acceptors (Lipinski definition) is 4. The summed E-state index contributed by atoms with van der Waals surface area (Å²) >= 11 is 5.76. The quantitative estimate of drug-likeness (QED) is 0.802. The molecule has 0 amide bonds. The van der Waals surface area contributed by atoms with E-state index in [1.54, 1.807) is 6.07 Å². The van der Waals surface area contributed by atoms with Crippen molar-refractivity contribution in [1.82, 2.24) is 4.98 Å². The lowest BCUT2D eigenvalue weighted by Gasteiger charge is -1.94. The molecule has 2 N–H and O–H groups in total. The molecule has 0 radical (unpaired) electrons. The van der Waals surface area contributed by atoms with E-state index in [0.29, 0.717) is 23.6 Å². The van der Waals surface area contributed by atoms with E-state index in [2.05, 4.69) is 4.98 Å². The molecule has 0 unspecified atom stereocenters. The van der Waals surface area contributed by atoms with Crippen molar-refractivity contribution in [3.05, 3.63) is 29.6 Å². The van der Waals surface area contributed by atoms with Gasteiger partial charge in [-0.15, -0.1) is 0 Å². The third-order valence-corrected chi connectivity index (χ3v) is 1.99. The van der Waals surface area contributed by atoms with Crippen LogP contribution in [0.4, 0.5) is 0 Å². The molecule has 0 aliphatic heterocycles. The van der Waals surface area contributed by atoms with Crippen LogP contribution in [0.3, 0.4) is 0 Å². The minimum absolute atomic E-state index is 0.284. The molecule has 0 saturated carbocycles. The van der Waals surface area contributed by atoms with Crippen LogP contribution in [-0.4, -0.2) is 4.98 Å². The summed E-state index contributed by atoms with van der Waals surface area (Å²) in [5, 5.41) is 0.284. The van der Waals surface area contributed by atoms with Crippen LogP contribution in [0, 0.1) is 0 Å². The maximum atomic E-state index is 5.76. The van der Waals surface area contributed by atoms with Crippen molar-refractivity contribution in [1.29, 1.82) is 0 Å². The molecule has 2 aromatic rings. The molecule has 0 aromatic carbocycles. The Balaban J connectivity index is 2.52. The molecule has 0 aliphatic carbocycles. The number of furan rings is 1. The first-order valence-electron chi connectivity index (χ1n) is 3.68. The van der Waals surface area contributed by atoms with Crippen LogP contribution in [-0.2, 0) is 6.54 Å². The van der Waals surface area contributed by atoms with Crippen molar-refractivity contribution in [2.24, 2.45) is 5.73 Å². The summed E-state index contributed by atoms with van der Waals surface area (Å²) in [5.41, 5.74) is 6.80. The first-order chi connectivity index (χ1) is 6.33. The predicted octanol–water partition coefficient (Wildman–Crippen LogP) is 2.05. The van der Waals surface area contributed by atoms with E-state index >= 15 is 0 Å². The molecule has 0 aliphatic rings. The molecule has 4 nitrogen and oxygen atoms in total. The molecular formula is C8H7ClN2O2. The van der Waals surface area contributed by atoms with Crippen LogP contribution >= 0.6 is 11.6 Å². The van der Waals surface area contributed by atoms with Crippen molar-refractivity contribution >= 4 is 11.6 Å². The number of nitrogens with zero attached hydrogens (tertiary/aromatic N) is 1.